The molecule has 1 aromatic heterocycles. The Bertz CT molecular complexity index is 774. The van der Waals surface area contributed by atoms with Crippen molar-refractivity contribution in [3.8, 4) is 17.2 Å². The van der Waals surface area contributed by atoms with Gasteiger partial charge in [0.1, 0.15) is 0 Å². The smallest absolute Gasteiger partial charge is 0.251 e. The summed E-state index contributed by atoms with van der Waals surface area (Å²) in [5.41, 5.74) is 1.15. The minimum Gasteiger partial charge on any atom is -0.493 e. The van der Waals surface area contributed by atoms with E-state index in [9.17, 15) is 9.59 Å². The van der Waals surface area contributed by atoms with Crippen LogP contribution in [0, 0.1) is 13.8 Å². The number of benzene rings is 1. The molecule has 1 heterocycles. The van der Waals surface area contributed by atoms with Gasteiger partial charge in [0.2, 0.25) is 11.7 Å². The van der Waals surface area contributed by atoms with Crippen molar-refractivity contribution < 1.29 is 23.8 Å². The quantitative estimate of drug-likeness (QED) is 0.765. The number of nitrogens with one attached hydrogen (secondary N) is 2. The van der Waals surface area contributed by atoms with Crippen LogP contribution < -0.4 is 24.8 Å². The summed E-state index contributed by atoms with van der Waals surface area (Å²) in [4.78, 5) is 29.6. The maximum Gasteiger partial charge on any atom is 0.251 e. The van der Waals surface area contributed by atoms with Crippen molar-refractivity contribution in [1.29, 1.82) is 0 Å². The van der Waals surface area contributed by atoms with Gasteiger partial charge < -0.3 is 24.8 Å². The Hall–Kier alpha value is -2.81. The number of carbonyl (C=O) groups excluding carboxylic acids is 2. The lowest BCUT2D eigenvalue weighted by Gasteiger charge is -2.14. The molecule has 0 unspecified atom stereocenters. The molecule has 2 amide bonds. The average molecular weight is 379 g/mol. The molecule has 0 aliphatic carbocycles. The van der Waals surface area contributed by atoms with E-state index in [-0.39, 0.29) is 18.0 Å². The van der Waals surface area contributed by atoms with Crippen LogP contribution in [0.25, 0.3) is 0 Å². The molecule has 9 heteroatoms. The zero-order chi connectivity index (χ0) is 19.3. The predicted molar refractivity (Wildman–Crippen MR) is 98.6 cm³/mol. The third kappa shape index (κ3) is 4.42. The van der Waals surface area contributed by atoms with Crippen molar-refractivity contribution in [3.63, 3.8) is 0 Å². The molecular weight excluding hydrogens is 358 g/mol. The number of aryl methyl sites for hydroxylation is 2. The summed E-state index contributed by atoms with van der Waals surface area (Å²) in [5, 5.41) is 5.72. The fourth-order valence-corrected chi connectivity index (χ4v) is 3.00. The lowest BCUT2D eigenvalue weighted by atomic mass is 10.1. The van der Waals surface area contributed by atoms with E-state index < -0.39 is 5.91 Å². The van der Waals surface area contributed by atoms with E-state index >= 15 is 0 Å². The van der Waals surface area contributed by atoms with E-state index in [0.29, 0.717) is 22.4 Å². The minimum absolute atomic E-state index is 0.187. The maximum atomic E-state index is 12.3. The van der Waals surface area contributed by atoms with Crippen molar-refractivity contribution in [2.45, 2.75) is 13.8 Å². The lowest BCUT2D eigenvalue weighted by molar-refractivity contribution is -0.115. The molecule has 2 N–H and O–H groups in total. The lowest BCUT2D eigenvalue weighted by Crippen LogP contribution is -2.32. The van der Waals surface area contributed by atoms with Crippen LogP contribution in [0.2, 0.25) is 0 Å². The van der Waals surface area contributed by atoms with Crippen LogP contribution in [-0.2, 0) is 4.79 Å². The highest BCUT2D eigenvalue weighted by Crippen LogP contribution is 2.38. The fraction of sp³-hybridized carbons (Fsp3) is 0.353. The number of hydrogen-bond donors (Lipinski definition) is 2. The SMILES string of the molecule is COc1cc(C(=O)NCC(=O)Nc2nc(C)c(C)s2)cc(OC)c1OC. The molecular formula is C17H21N3O5S. The molecule has 0 aliphatic rings. The second kappa shape index (κ2) is 8.52. The molecule has 140 valence electrons. The number of methoxy groups -OCH3 is 3. The summed E-state index contributed by atoms with van der Waals surface area (Å²) >= 11 is 1.38. The standard InChI is InChI=1S/C17H21N3O5S/c1-9-10(2)26-17(19-9)20-14(21)8-18-16(22)11-6-12(23-3)15(25-5)13(7-11)24-4/h6-7H,8H2,1-5H3,(H,18,22)(H,19,20,21). The number of amides is 2. The van der Waals surface area contributed by atoms with Crippen molar-refractivity contribution in [1.82, 2.24) is 10.3 Å². The first-order valence-electron chi connectivity index (χ1n) is 7.71. The topological polar surface area (TPSA) is 98.8 Å². The van der Waals surface area contributed by atoms with E-state index in [0.717, 1.165) is 10.6 Å². The Morgan fingerprint density at radius 3 is 2.15 bits per heavy atom. The molecule has 0 bridgehead atoms. The molecule has 0 saturated heterocycles. The molecule has 0 atom stereocenters. The average Bonchev–Trinajstić information content (AvgIpc) is 2.95. The third-order valence-electron chi connectivity index (χ3n) is 3.61. The van der Waals surface area contributed by atoms with Crippen molar-refractivity contribution in [2.24, 2.45) is 0 Å². The Morgan fingerprint density at radius 2 is 1.69 bits per heavy atom. The van der Waals surface area contributed by atoms with Crippen LogP contribution in [0.4, 0.5) is 5.13 Å². The normalized spacial score (nSPS) is 10.2. The Morgan fingerprint density at radius 1 is 1.08 bits per heavy atom. The van der Waals surface area contributed by atoms with Gasteiger partial charge in [-0.2, -0.15) is 0 Å². The fourth-order valence-electron chi connectivity index (χ4n) is 2.16. The van der Waals surface area contributed by atoms with Gasteiger partial charge in [-0.15, -0.1) is 11.3 Å². The summed E-state index contributed by atoms with van der Waals surface area (Å²) in [6.07, 6.45) is 0. The number of anilines is 1. The zero-order valence-electron chi connectivity index (χ0n) is 15.3. The van der Waals surface area contributed by atoms with E-state index in [2.05, 4.69) is 15.6 Å². The molecule has 0 aliphatic heterocycles. The highest BCUT2D eigenvalue weighted by Gasteiger charge is 2.17. The number of hydrogen-bond acceptors (Lipinski definition) is 7. The van der Waals surface area contributed by atoms with E-state index in [1.54, 1.807) is 0 Å². The van der Waals surface area contributed by atoms with E-state index in [4.69, 9.17) is 14.2 Å². The molecule has 1 aromatic carbocycles. The molecule has 8 nitrogen and oxygen atoms in total. The molecule has 2 aromatic rings. The van der Waals surface area contributed by atoms with Gasteiger partial charge in [-0.05, 0) is 26.0 Å². The van der Waals surface area contributed by atoms with Gasteiger partial charge in [0, 0.05) is 10.4 Å². The zero-order valence-corrected chi connectivity index (χ0v) is 16.1. The first kappa shape index (κ1) is 19.5. The molecule has 0 fully saturated rings. The Kier molecular flexibility index (Phi) is 6.40. The molecule has 2 rings (SSSR count). The van der Waals surface area contributed by atoms with Gasteiger partial charge in [-0.1, -0.05) is 0 Å². The van der Waals surface area contributed by atoms with Crippen molar-refractivity contribution >= 4 is 28.3 Å². The summed E-state index contributed by atoms with van der Waals surface area (Å²) in [7, 11) is 4.40. The van der Waals surface area contributed by atoms with Crippen LogP contribution in [0.1, 0.15) is 20.9 Å². The van der Waals surface area contributed by atoms with E-state index in [1.165, 1.54) is 44.8 Å². The highest BCUT2D eigenvalue weighted by molar-refractivity contribution is 7.15. The number of thiazole rings is 1. The van der Waals surface area contributed by atoms with Gasteiger partial charge in [0.15, 0.2) is 16.6 Å². The minimum atomic E-state index is -0.439. The van der Waals surface area contributed by atoms with Crippen molar-refractivity contribution in [2.75, 3.05) is 33.2 Å². The number of rotatable bonds is 7. The summed E-state index contributed by atoms with van der Waals surface area (Å²) in [6.45, 7) is 3.61. The molecule has 0 saturated carbocycles. The molecule has 26 heavy (non-hydrogen) atoms. The van der Waals surface area contributed by atoms with Crippen LogP contribution in [0.5, 0.6) is 17.2 Å². The first-order chi connectivity index (χ1) is 12.4. The largest absolute Gasteiger partial charge is 0.493 e. The predicted octanol–water partition coefficient (Wildman–Crippen LogP) is 2.15. The monoisotopic (exact) mass is 379 g/mol. The van der Waals surface area contributed by atoms with Gasteiger partial charge in [0.05, 0.1) is 33.6 Å². The van der Waals surface area contributed by atoms with Crippen LogP contribution in [-0.4, -0.2) is 44.7 Å². The molecule has 0 spiro atoms. The second-order valence-electron chi connectivity index (χ2n) is 5.31. The van der Waals surface area contributed by atoms with Gasteiger partial charge in [-0.25, -0.2) is 4.98 Å². The number of aromatic nitrogens is 1. The highest BCUT2D eigenvalue weighted by atomic mass is 32.1. The Labute approximate surface area is 155 Å². The van der Waals surface area contributed by atoms with Crippen LogP contribution in [0.3, 0.4) is 0 Å². The second-order valence-corrected chi connectivity index (χ2v) is 6.51. The summed E-state index contributed by atoms with van der Waals surface area (Å²) < 4.78 is 15.7. The Balaban J connectivity index is 2.04. The summed E-state index contributed by atoms with van der Waals surface area (Å²) in [6, 6.07) is 3.03. The molecule has 0 radical (unpaired) electrons. The number of nitrogens with zero attached hydrogens (tertiary/aromatic N) is 1. The van der Waals surface area contributed by atoms with Crippen molar-refractivity contribution in [3.05, 3.63) is 28.3 Å². The van der Waals surface area contributed by atoms with Gasteiger partial charge >= 0.3 is 0 Å². The van der Waals surface area contributed by atoms with Crippen LogP contribution in [0.15, 0.2) is 12.1 Å². The number of carbonyl (C=O) groups is 2. The summed E-state index contributed by atoms with van der Waals surface area (Å²) in [5.74, 6) is 0.301. The maximum absolute atomic E-state index is 12.3. The van der Waals surface area contributed by atoms with Gasteiger partial charge in [-0.3, -0.25) is 9.59 Å². The number of ether oxygens (including phenoxy) is 3. The van der Waals surface area contributed by atoms with Crippen LogP contribution >= 0.6 is 11.3 Å². The van der Waals surface area contributed by atoms with Gasteiger partial charge in [0.25, 0.3) is 5.91 Å². The van der Waals surface area contributed by atoms with E-state index in [1.807, 2.05) is 13.8 Å². The first-order valence-corrected chi connectivity index (χ1v) is 8.53. The third-order valence-corrected chi connectivity index (χ3v) is 4.60.